The molecule has 1 aliphatic rings. The molecule has 4 heteroatoms. The summed E-state index contributed by atoms with van der Waals surface area (Å²) in [6.45, 7) is 2.23. The standard InChI is InChI=1S/C12H22F3N/c1-9-4-6-10(7-5-9)11(16)3-2-8-12(13,14)15/h9-11H,2-8,16H2,1H3. The van der Waals surface area contributed by atoms with E-state index in [1.165, 1.54) is 12.8 Å². The van der Waals surface area contributed by atoms with Gasteiger partial charge in [0.05, 0.1) is 0 Å². The number of hydrogen-bond acceptors (Lipinski definition) is 1. The van der Waals surface area contributed by atoms with Crippen molar-refractivity contribution in [3.8, 4) is 0 Å². The molecule has 96 valence electrons. The number of hydrogen-bond donors (Lipinski definition) is 1. The molecule has 0 saturated heterocycles. The molecule has 1 nitrogen and oxygen atoms in total. The van der Waals surface area contributed by atoms with Gasteiger partial charge in [0.1, 0.15) is 0 Å². The van der Waals surface area contributed by atoms with Crippen molar-refractivity contribution >= 4 is 0 Å². The molecule has 0 amide bonds. The Morgan fingerprint density at radius 2 is 1.75 bits per heavy atom. The maximum absolute atomic E-state index is 12.0. The summed E-state index contributed by atoms with van der Waals surface area (Å²) in [6, 6.07) is -0.0325. The van der Waals surface area contributed by atoms with Crippen molar-refractivity contribution in [1.29, 1.82) is 0 Å². The van der Waals surface area contributed by atoms with Crippen molar-refractivity contribution in [2.24, 2.45) is 17.6 Å². The van der Waals surface area contributed by atoms with Crippen molar-refractivity contribution in [2.75, 3.05) is 0 Å². The van der Waals surface area contributed by atoms with E-state index in [-0.39, 0.29) is 12.5 Å². The van der Waals surface area contributed by atoms with Crippen LogP contribution in [0.3, 0.4) is 0 Å². The molecule has 1 rings (SSSR count). The number of halogens is 3. The van der Waals surface area contributed by atoms with Gasteiger partial charge in [-0.15, -0.1) is 0 Å². The summed E-state index contributed by atoms with van der Waals surface area (Å²) in [4.78, 5) is 0. The average Bonchev–Trinajstić information content (AvgIpc) is 2.16. The summed E-state index contributed by atoms with van der Waals surface area (Å²) in [5.41, 5.74) is 5.96. The van der Waals surface area contributed by atoms with Gasteiger partial charge in [0, 0.05) is 12.5 Å². The first-order chi connectivity index (χ1) is 7.38. The van der Waals surface area contributed by atoms with Crippen LogP contribution in [0.5, 0.6) is 0 Å². The highest BCUT2D eigenvalue weighted by Crippen LogP contribution is 2.32. The predicted octanol–water partition coefficient (Wildman–Crippen LogP) is 3.87. The fourth-order valence-electron chi connectivity index (χ4n) is 2.49. The van der Waals surface area contributed by atoms with Crippen LogP contribution in [0, 0.1) is 11.8 Å². The number of rotatable bonds is 4. The molecule has 0 aromatic heterocycles. The molecule has 1 atom stereocenters. The Kier molecular flexibility index (Phi) is 5.09. The minimum Gasteiger partial charge on any atom is -0.327 e. The second-order valence-corrected chi connectivity index (χ2v) is 5.19. The molecule has 2 N–H and O–H groups in total. The van der Waals surface area contributed by atoms with E-state index in [1.54, 1.807) is 0 Å². The summed E-state index contributed by atoms with van der Waals surface area (Å²) in [5.74, 6) is 1.21. The zero-order valence-electron chi connectivity index (χ0n) is 9.89. The van der Waals surface area contributed by atoms with E-state index in [4.69, 9.17) is 5.73 Å². The fourth-order valence-corrected chi connectivity index (χ4v) is 2.49. The molecule has 1 unspecified atom stereocenters. The molecule has 16 heavy (non-hydrogen) atoms. The Balaban J connectivity index is 2.17. The lowest BCUT2D eigenvalue weighted by Gasteiger charge is -2.30. The molecular formula is C12H22F3N. The van der Waals surface area contributed by atoms with E-state index in [2.05, 4.69) is 6.92 Å². The molecule has 0 bridgehead atoms. The van der Waals surface area contributed by atoms with Gasteiger partial charge in [-0.05, 0) is 37.5 Å². The first kappa shape index (κ1) is 13.8. The van der Waals surface area contributed by atoms with Gasteiger partial charge in [0.25, 0.3) is 0 Å². The van der Waals surface area contributed by atoms with E-state index >= 15 is 0 Å². The number of nitrogens with two attached hydrogens (primary N) is 1. The molecule has 0 radical (unpaired) electrons. The van der Waals surface area contributed by atoms with E-state index in [9.17, 15) is 13.2 Å². The summed E-state index contributed by atoms with van der Waals surface area (Å²) < 4.78 is 35.9. The van der Waals surface area contributed by atoms with Gasteiger partial charge in [-0.1, -0.05) is 19.8 Å². The first-order valence-electron chi connectivity index (χ1n) is 6.21. The third-order valence-electron chi connectivity index (χ3n) is 3.66. The van der Waals surface area contributed by atoms with Gasteiger partial charge in [-0.3, -0.25) is 0 Å². The monoisotopic (exact) mass is 237 g/mol. The summed E-state index contributed by atoms with van der Waals surface area (Å²) in [5, 5.41) is 0. The van der Waals surface area contributed by atoms with Crippen molar-refractivity contribution in [2.45, 2.75) is 64.1 Å². The van der Waals surface area contributed by atoms with Crippen LogP contribution in [0.15, 0.2) is 0 Å². The van der Waals surface area contributed by atoms with Crippen LogP contribution in [0.25, 0.3) is 0 Å². The predicted molar refractivity (Wildman–Crippen MR) is 59.0 cm³/mol. The zero-order valence-corrected chi connectivity index (χ0v) is 9.89. The van der Waals surface area contributed by atoms with Crippen LogP contribution in [-0.2, 0) is 0 Å². The van der Waals surface area contributed by atoms with Gasteiger partial charge in [0.15, 0.2) is 0 Å². The van der Waals surface area contributed by atoms with Crippen LogP contribution < -0.4 is 5.73 Å². The fraction of sp³-hybridized carbons (Fsp3) is 1.00. The van der Waals surface area contributed by atoms with Crippen LogP contribution in [0.2, 0.25) is 0 Å². The molecule has 0 aliphatic heterocycles. The Hall–Kier alpha value is -0.250. The maximum Gasteiger partial charge on any atom is 0.389 e. The molecule has 1 fully saturated rings. The Morgan fingerprint density at radius 1 is 1.19 bits per heavy atom. The minimum absolute atomic E-state index is 0.0325. The molecule has 0 aromatic rings. The van der Waals surface area contributed by atoms with Crippen molar-refractivity contribution in [1.82, 2.24) is 0 Å². The van der Waals surface area contributed by atoms with Crippen molar-refractivity contribution < 1.29 is 13.2 Å². The molecule has 0 spiro atoms. The van der Waals surface area contributed by atoms with Gasteiger partial charge < -0.3 is 5.73 Å². The zero-order chi connectivity index (χ0) is 12.2. The second kappa shape index (κ2) is 5.89. The normalized spacial score (nSPS) is 29.1. The topological polar surface area (TPSA) is 26.0 Å². The molecule has 0 aromatic carbocycles. The van der Waals surface area contributed by atoms with E-state index in [0.29, 0.717) is 12.3 Å². The summed E-state index contributed by atoms with van der Waals surface area (Å²) in [7, 11) is 0. The Labute approximate surface area is 95.6 Å². The third kappa shape index (κ3) is 5.19. The SMILES string of the molecule is CC1CCC(C(N)CCCC(F)(F)F)CC1. The summed E-state index contributed by atoms with van der Waals surface area (Å²) in [6.07, 6.45) is 0.512. The van der Waals surface area contributed by atoms with E-state index in [0.717, 1.165) is 18.8 Å². The van der Waals surface area contributed by atoms with Gasteiger partial charge in [-0.2, -0.15) is 13.2 Å². The molecule has 1 saturated carbocycles. The van der Waals surface area contributed by atoms with E-state index < -0.39 is 12.6 Å². The Bertz CT molecular complexity index is 195. The second-order valence-electron chi connectivity index (χ2n) is 5.19. The smallest absolute Gasteiger partial charge is 0.327 e. The highest BCUT2D eigenvalue weighted by atomic mass is 19.4. The maximum atomic E-state index is 12.0. The van der Waals surface area contributed by atoms with Gasteiger partial charge in [-0.25, -0.2) is 0 Å². The van der Waals surface area contributed by atoms with Crippen molar-refractivity contribution in [3.63, 3.8) is 0 Å². The lowest BCUT2D eigenvalue weighted by atomic mass is 9.78. The van der Waals surface area contributed by atoms with Crippen LogP contribution in [0.4, 0.5) is 13.2 Å². The first-order valence-corrected chi connectivity index (χ1v) is 6.21. The average molecular weight is 237 g/mol. The molecule has 1 aliphatic carbocycles. The number of alkyl halides is 3. The van der Waals surface area contributed by atoms with Crippen LogP contribution >= 0.6 is 0 Å². The van der Waals surface area contributed by atoms with E-state index in [1.807, 2.05) is 0 Å². The van der Waals surface area contributed by atoms with Crippen LogP contribution in [-0.4, -0.2) is 12.2 Å². The van der Waals surface area contributed by atoms with Crippen LogP contribution in [0.1, 0.15) is 51.9 Å². The molecular weight excluding hydrogens is 215 g/mol. The van der Waals surface area contributed by atoms with Gasteiger partial charge >= 0.3 is 6.18 Å². The molecule has 0 heterocycles. The highest BCUT2D eigenvalue weighted by Gasteiger charge is 2.28. The lowest BCUT2D eigenvalue weighted by Crippen LogP contribution is -2.33. The largest absolute Gasteiger partial charge is 0.389 e. The minimum atomic E-state index is -4.03. The highest BCUT2D eigenvalue weighted by molar-refractivity contribution is 4.78. The quantitative estimate of drug-likeness (QED) is 0.789. The third-order valence-corrected chi connectivity index (χ3v) is 3.66. The van der Waals surface area contributed by atoms with Gasteiger partial charge in [0.2, 0.25) is 0 Å². The Morgan fingerprint density at radius 3 is 2.25 bits per heavy atom. The lowest BCUT2D eigenvalue weighted by molar-refractivity contribution is -0.135. The summed E-state index contributed by atoms with van der Waals surface area (Å²) >= 11 is 0. The van der Waals surface area contributed by atoms with Crippen molar-refractivity contribution in [3.05, 3.63) is 0 Å².